The van der Waals surface area contributed by atoms with Crippen molar-refractivity contribution in [2.75, 3.05) is 15.4 Å². The number of nitrogens with one attached hydrogen (secondary N) is 3. The Hall–Kier alpha value is -3.92. The third-order valence-corrected chi connectivity index (χ3v) is 6.43. The van der Waals surface area contributed by atoms with Gasteiger partial charge < -0.3 is 15.2 Å². The Kier molecular flexibility index (Phi) is 6.01. The lowest BCUT2D eigenvalue weighted by Crippen LogP contribution is -2.14. The van der Waals surface area contributed by atoms with Crippen LogP contribution in [0.5, 0.6) is 0 Å². The highest BCUT2D eigenvalue weighted by atomic mass is 32.2. The predicted octanol–water partition coefficient (Wildman–Crippen LogP) is 4.99. The SMILES string of the molecule is Cc1ccc(Nc2nc(C)cc(Nc3ccc(NS(=O)(=O)c4c(C)noc4C)cc3)n2)cc1. The second-order valence-corrected chi connectivity index (χ2v) is 9.29. The minimum Gasteiger partial charge on any atom is -0.360 e. The zero-order valence-electron chi connectivity index (χ0n) is 18.7. The van der Waals surface area contributed by atoms with Crippen molar-refractivity contribution in [2.24, 2.45) is 0 Å². The molecule has 9 nitrogen and oxygen atoms in total. The summed E-state index contributed by atoms with van der Waals surface area (Å²) >= 11 is 0. The van der Waals surface area contributed by atoms with Gasteiger partial charge in [0, 0.05) is 28.8 Å². The van der Waals surface area contributed by atoms with E-state index in [1.54, 1.807) is 38.1 Å². The fraction of sp³-hybridized carbons (Fsp3) is 0.174. The molecule has 0 saturated carbocycles. The summed E-state index contributed by atoms with van der Waals surface area (Å²) in [6.45, 7) is 7.07. The Morgan fingerprint density at radius 3 is 2.03 bits per heavy atom. The van der Waals surface area contributed by atoms with Gasteiger partial charge in [-0.25, -0.2) is 13.4 Å². The Bertz CT molecular complexity index is 1360. The van der Waals surface area contributed by atoms with Crippen LogP contribution in [-0.2, 0) is 10.0 Å². The highest BCUT2D eigenvalue weighted by molar-refractivity contribution is 7.92. The summed E-state index contributed by atoms with van der Waals surface area (Å²) in [5, 5.41) is 10.1. The van der Waals surface area contributed by atoms with Crippen LogP contribution in [0.3, 0.4) is 0 Å². The lowest BCUT2D eigenvalue weighted by molar-refractivity contribution is 0.390. The molecule has 0 amide bonds. The van der Waals surface area contributed by atoms with Crippen LogP contribution in [0, 0.1) is 27.7 Å². The normalized spacial score (nSPS) is 11.3. The number of benzene rings is 2. The molecular weight excluding hydrogens is 440 g/mol. The first-order valence-electron chi connectivity index (χ1n) is 10.2. The van der Waals surface area contributed by atoms with Gasteiger partial charge in [-0.15, -0.1) is 0 Å². The number of anilines is 5. The first-order valence-corrected chi connectivity index (χ1v) is 11.7. The van der Waals surface area contributed by atoms with Crippen LogP contribution in [0.4, 0.5) is 28.8 Å². The van der Waals surface area contributed by atoms with Crippen molar-refractivity contribution in [2.45, 2.75) is 32.6 Å². The zero-order valence-corrected chi connectivity index (χ0v) is 19.5. The summed E-state index contributed by atoms with van der Waals surface area (Å²) in [7, 11) is -3.80. The Morgan fingerprint density at radius 1 is 0.788 bits per heavy atom. The van der Waals surface area contributed by atoms with Crippen molar-refractivity contribution in [3.63, 3.8) is 0 Å². The summed E-state index contributed by atoms with van der Waals surface area (Å²) in [6.07, 6.45) is 0. The predicted molar refractivity (Wildman–Crippen MR) is 128 cm³/mol. The zero-order chi connectivity index (χ0) is 23.6. The van der Waals surface area contributed by atoms with Gasteiger partial charge in [-0.3, -0.25) is 4.72 Å². The summed E-state index contributed by atoms with van der Waals surface area (Å²) < 4.78 is 32.9. The van der Waals surface area contributed by atoms with Crippen molar-refractivity contribution in [1.82, 2.24) is 15.1 Å². The van der Waals surface area contributed by atoms with Crippen molar-refractivity contribution < 1.29 is 12.9 Å². The molecular formula is C23H24N6O3S. The average molecular weight is 465 g/mol. The van der Waals surface area contributed by atoms with E-state index in [-0.39, 0.29) is 10.7 Å². The number of aryl methyl sites for hydroxylation is 4. The molecule has 0 spiro atoms. The number of rotatable bonds is 7. The van der Waals surface area contributed by atoms with E-state index in [0.717, 1.165) is 17.1 Å². The maximum Gasteiger partial charge on any atom is 0.267 e. The van der Waals surface area contributed by atoms with Crippen LogP contribution in [0.15, 0.2) is 64.0 Å². The van der Waals surface area contributed by atoms with Gasteiger partial charge in [0.05, 0.1) is 0 Å². The molecule has 0 aliphatic carbocycles. The average Bonchev–Trinajstić information content (AvgIpc) is 3.09. The first-order chi connectivity index (χ1) is 15.7. The number of nitrogens with zero attached hydrogens (tertiary/aromatic N) is 3. The summed E-state index contributed by atoms with van der Waals surface area (Å²) in [5.74, 6) is 1.33. The smallest absolute Gasteiger partial charge is 0.267 e. The number of hydrogen-bond donors (Lipinski definition) is 3. The molecule has 4 aromatic rings. The van der Waals surface area contributed by atoms with Crippen LogP contribution in [-0.4, -0.2) is 23.5 Å². The van der Waals surface area contributed by atoms with Gasteiger partial charge in [0.15, 0.2) is 10.7 Å². The molecule has 2 heterocycles. The third-order valence-electron chi connectivity index (χ3n) is 4.81. The Labute approximate surface area is 192 Å². The van der Waals surface area contributed by atoms with E-state index in [1.165, 1.54) is 5.56 Å². The standard InChI is InChI=1S/C23H24N6O3S/c1-14-5-7-19(8-6-14)26-23-24-15(2)13-21(27-23)25-18-9-11-20(12-10-18)29-33(30,31)22-16(3)28-32-17(22)4/h5-13,29H,1-4H3,(H2,24,25,26,27). The molecule has 2 aromatic carbocycles. The Balaban J connectivity index is 1.48. The minimum atomic E-state index is -3.80. The van der Waals surface area contributed by atoms with Gasteiger partial charge in [0.25, 0.3) is 10.0 Å². The third kappa shape index (κ3) is 5.29. The van der Waals surface area contributed by atoms with E-state index < -0.39 is 10.0 Å². The molecule has 0 atom stereocenters. The van der Waals surface area contributed by atoms with E-state index in [1.807, 2.05) is 44.2 Å². The first kappa shape index (κ1) is 22.3. The molecule has 0 radical (unpaired) electrons. The van der Waals surface area contributed by atoms with Gasteiger partial charge in [0.2, 0.25) is 5.95 Å². The summed E-state index contributed by atoms with van der Waals surface area (Å²) in [5.41, 5.74) is 4.34. The van der Waals surface area contributed by atoms with E-state index in [2.05, 4.69) is 30.5 Å². The molecule has 0 aliphatic rings. The number of sulfonamides is 1. The minimum absolute atomic E-state index is 0.0507. The molecule has 0 aliphatic heterocycles. The molecule has 2 aromatic heterocycles. The summed E-state index contributed by atoms with van der Waals surface area (Å²) in [4.78, 5) is 9.00. The maximum atomic E-state index is 12.7. The number of aromatic nitrogens is 3. The highest BCUT2D eigenvalue weighted by Gasteiger charge is 2.24. The molecule has 4 rings (SSSR count). The fourth-order valence-corrected chi connectivity index (χ4v) is 4.68. The molecule has 0 unspecified atom stereocenters. The van der Waals surface area contributed by atoms with Gasteiger partial charge in [-0.05, 0) is 64.1 Å². The van der Waals surface area contributed by atoms with Crippen LogP contribution < -0.4 is 15.4 Å². The van der Waals surface area contributed by atoms with Crippen LogP contribution in [0.1, 0.15) is 22.7 Å². The van der Waals surface area contributed by atoms with E-state index in [0.29, 0.717) is 23.1 Å². The van der Waals surface area contributed by atoms with Crippen LogP contribution in [0.2, 0.25) is 0 Å². The largest absolute Gasteiger partial charge is 0.360 e. The van der Waals surface area contributed by atoms with Crippen LogP contribution >= 0.6 is 0 Å². The van der Waals surface area contributed by atoms with Crippen molar-refractivity contribution >= 4 is 38.9 Å². The second kappa shape index (κ2) is 8.91. The lowest BCUT2D eigenvalue weighted by atomic mass is 10.2. The van der Waals surface area contributed by atoms with E-state index >= 15 is 0 Å². The number of hydrogen-bond acceptors (Lipinski definition) is 8. The van der Waals surface area contributed by atoms with Gasteiger partial charge in [-0.2, -0.15) is 4.98 Å². The van der Waals surface area contributed by atoms with Gasteiger partial charge >= 0.3 is 0 Å². The lowest BCUT2D eigenvalue weighted by Gasteiger charge is -2.11. The molecule has 33 heavy (non-hydrogen) atoms. The van der Waals surface area contributed by atoms with Crippen molar-refractivity contribution in [3.05, 3.63) is 77.3 Å². The van der Waals surface area contributed by atoms with E-state index in [4.69, 9.17) is 4.52 Å². The maximum absolute atomic E-state index is 12.7. The molecule has 10 heteroatoms. The van der Waals surface area contributed by atoms with Gasteiger partial charge in [-0.1, -0.05) is 22.9 Å². The Morgan fingerprint density at radius 2 is 1.39 bits per heavy atom. The van der Waals surface area contributed by atoms with Crippen molar-refractivity contribution in [3.8, 4) is 0 Å². The van der Waals surface area contributed by atoms with Gasteiger partial charge in [0.1, 0.15) is 11.5 Å². The molecule has 0 fully saturated rings. The molecule has 170 valence electrons. The monoisotopic (exact) mass is 464 g/mol. The molecule has 0 bridgehead atoms. The van der Waals surface area contributed by atoms with E-state index in [9.17, 15) is 8.42 Å². The van der Waals surface area contributed by atoms with Crippen molar-refractivity contribution in [1.29, 1.82) is 0 Å². The molecule has 3 N–H and O–H groups in total. The topological polar surface area (TPSA) is 122 Å². The molecule has 0 saturated heterocycles. The van der Waals surface area contributed by atoms with Crippen LogP contribution in [0.25, 0.3) is 0 Å². The highest BCUT2D eigenvalue weighted by Crippen LogP contribution is 2.24. The fourth-order valence-electron chi connectivity index (χ4n) is 3.29. The quantitative estimate of drug-likeness (QED) is 0.350. The summed E-state index contributed by atoms with van der Waals surface area (Å²) in [6, 6.07) is 16.6. The second-order valence-electron chi connectivity index (χ2n) is 7.67.